The van der Waals surface area contributed by atoms with Crippen LogP contribution >= 0.6 is 11.3 Å². The number of amides is 1. The van der Waals surface area contributed by atoms with E-state index in [-0.39, 0.29) is 15.5 Å². The average Bonchev–Trinajstić information content (AvgIpc) is 3.51. The molecule has 0 unspecified atom stereocenters. The van der Waals surface area contributed by atoms with Crippen molar-refractivity contribution >= 4 is 50.3 Å². The number of esters is 1. The number of hydrogen-bond acceptors (Lipinski definition) is 10. The molecule has 11 nitrogen and oxygen atoms in total. The zero-order valence-corrected chi connectivity index (χ0v) is 29.9. The molecule has 4 aromatic rings. The highest BCUT2D eigenvalue weighted by Crippen LogP contribution is 2.41. The predicted octanol–water partition coefficient (Wildman–Crippen LogP) is 6.26. The maximum atomic E-state index is 14.1. The first kappa shape index (κ1) is 35.4. The maximum Gasteiger partial charge on any atom is 0.337 e. The fourth-order valence-electron chi connectivity index (χ4n) is 6.14. The van der Waals surface area contributed by atoms with E-state index in [0.29, 0.717) is 39.6 Å². The first-order valence-corrected chi connectivity index (χ1v) is 19.1. The highest BCUT2D eigenvalue weighted by molar-refractivity contribution is 7.93. The minimum atomic E-state index is -4.17. The topological polar surface area (TPSA) is 127 Å². The van der Waals surface area contributed by atoms with Crippen molar-refractivity contribution in [1.29, 1.82) is 0 Å². The molecule has 2 fully saturated rings. The molecule has 50 heavy (non-hydrogen) atoms. The van der Waals surface area contributed by atoms with Crippen LogP contribution in [-0.2, 0) is 19.5 Å². The molecule has 0 spiro atoms. The van der Waals surface area contributed by atoms with Gasteiger partial charge in [0.05, 0.1) is 35.6 Å². The van der Waals surface area contributed by atoms with Crippen molar-refractivity contribution in [3.05, 3.63) is 88.8 Å². The van der Waals surface area contributed by atoms with E-state index in [0.717, 1.165) is 75.8 Å². The van der Waals surface area contributed by atoms with Gasteiger partial charge in [0.1, 0.15) is 17.3 Å². The number of nitrogens with zero attached hydrogens (tertiary/aromatic N) is 2. The maximum absolute atomic E-state index is 14.1. The molecule has 1 amide bonds. The van der Waals surface area contributed by atoms with E-state index >= 15 is 0 Å². The van der Waals surface area contributed by atoms with Gasteiger partial charge in [-0.2, -0.15) is 0 Å². The summed E-state index contributed by atoms with van der Waals surface area (Å²) in [6.45, 7) is 8.24. The number of carbonyl (C=O) groups is 2. The highest BCUT2D eigenvalue weighted by Gasteiger charge is 2.30. The van der Waals surface area contributed by atoms with Gasteiger partial charge in [0.2, 0.25) is 0 Å². The second-order valence-corrected chi connectivity index (χ2v) is 14.9. The summed E-state index contributed by atoms with van der Waals surface area (Å²) < 4.78 is 46.8. The molecule has 0 bridgehead atoms. The number of sulfonamides is 1. The van der Waals surface area contributed by atoms with E-state index in [1.165, 1.54) is 37.8 Å². The number of hydrogen-bond donors (Lipinski definition) is 2. The van der Waals surface area contributed by atoms with E-state index < -0.39 is 21.9 Å². The SMILES string of the molecule is COC(=O)c1ccc(NS(=O)(=O)c2c(-c3ccc(N4CCCCC4)cc3)sc(C(=O)Nc3ccc(OCCN4CCOCC4)cc3)c2C)cc1. The van der Waals surface area contributed by atoms with Crippen molar-refractivity contribution in [2.24, 2.45) is 0 Å². The van der Waals surface area contributed by atoms with Crippen LogP contribution in [0.4, 0.5) is 17.1 Å². The monoisotopic (exact) mass is 718 g/mol. The lowest BCUT2D eigenvalue weighted by molar-refractivity contribution is 0.0322. The van der Waals surface area contributed by atoms with Crippen LogP contribution in [0.1, 0.15) is 44.9 Å². The van der Waals surface area contributed by atoms with Crippen molar-refractivity contribution in [2.45, 2.75) is 31.1 Å². The Morgan fingerprint density at radius 3 is 2.18 bits per heavy atom. The van der Waals surface area contributed by atoms with Crippen LogP contribution in [0.2, 0.25) is 0 Å². The van der Waals surface area contributed by atoms with Gasteiger partial charge < -0.3 is 24.4 Å². The molecule has 0 aliphatic carbocycles. The van der Waals surface area contributed by atoms with Crippen molar-refractivity contribution in [3.63, 3.8) is 0 Å². The van der Waals surface area contributed by atoms with Gasteiger partial charge in [0.15, 0.2) is 0 Å². The number of rotatable bonds is 12. The van der Waals surface area contributed by atoms with Crippen LogP contribution in [-0.4, -0.2) is 84.8 Å². The summed E-state index contributed by atoms with van der Waals surface area (Å²) in [4.78, 5) is 31.0. The van der Waals surface area contributed by atoms with Crippen LogP contribution in [0, 0.1) is 6.92 Å². The number of nitrogens with one attached hydrogen (secondary N) is 2. The Morgan fingerprint density at radius 2 is 1.52 bits per heavy atom. The molecule has 3 aromatic carbocycles. The summed E-state index contributed by atoms with van der Waals surface area (Å²) in [6, 6.07) is 21.0. The van der Waals surface area contributed by atoms with Gasteiger partial charge in [-0.15, -0.1) is 11.3 Å². The second kappa shape index (κ2) is 16.1. The molecule has 2 aliphatic heterocycles. The van der Waals surface area contributed by atoms with Crippen LogP contribution in [0.5, 0.6) is 5.75 Å². The molecule has 2 aliphatic rings. The molecule has 0 saturated carbocycles. The number of carbonyl (C=O) groups excluding carboxylic acids is 2. The summed E-state index contributed by atoms with van der Waals surface area (Å²) in [7, 11) is -2.89. The zero-order chi connectivity index (χ0) is 35.1. The second-order valence-electron chi connectivity index (χ2n) is 12.3. The van der Waals surface area contributed by atoms with E-state index in [9.17, 15) is 18.0 Å². The largest absolute Gasteiger partial charge is 0.492 e. The lowest BCUT2D eigenvalue weighted by Crippen LogP contribution is -2.38. The molecule has 264 valence electrons. The van der Waals surface area contributed by atoms with Crippen molar-refractivity contribution in [1.82, 2.24) is 4.90 Å². The molecule has 3 heterocycles. The number of ether oxygens (including phenoxy) is 3. The Balaban J connectivity index is 1.23. The van der Waals surface area contributed by atoms with E-state index in [1.807, 2.05) is 24.3 Å². The Morgan fingerprint density at radius 1 is 0.860 bits per heavy atom. The summed E-state index contributed by atoms with van der Waals surface area (Å²) in [6.07, 6.45) is 3.51. The predicted molar refractivity (Wildman–Crippen MR) is 196 cm³/mol. The van der Waals surface area contributed by atoms with Crippen molar-refractivity contribution in [2.75, 3.05) is 74.6 Å². The third kappa shape index (κ3) is 8.47. The Bertz CT molecular complexity index is 1880. The molecule has 6 rings (SSSR count). The van der Waals surface area contributed by atoms with Gasteiger partial charge in [-0.25, -0.2) is 13.2 Å². The number of thiophene rings is 1. The molecule has 1 aromatic heterocycles. The lowest BCUT2D eigenvalue weighted by Gasteiger charge is -2.28. The number of anilines is 3. The number of benzene rings is 3. The summed E-state index contributed by atoms with van der Waals surface area (Å²) in [5.74, 6) is -0.244. The smallest absolute Gasteiger partial charge is 0.337 e. The number of methoxy groups -OCH3 is 1. The molecule has 13 heteroatoms. The first-order valence-electron chi connectivity index (χ1n) is 16.8. The summed E-state index contributed by atoms with van der Waals surface area (Å²) >= 11 is 1.14. The van der Waals surface area contributed by atoms with Gasteiger partial charge >= 0.3 is 5.97 Å². The quantitative estimate of drug-likeness (QED) is 0.163. The highest BCUT2D eigenvalue weighted by atomic mass is 32.2. The number of morpholine rings is 1. The lowest BCUT2D eigenvalue weighted by atomic mass is 10.1. The van der Waals surface area contributed by atoms with Crippen LogP contribution in [0.15, 0.2) is 77.7 Å². The van der Waals surface area contributed by atoms with E-state index in [4.69, 9.17) is 14.2 Å². The normalized spacial score (nSPS) is 15.4. The van der Waals surface area contributed by atoms with Gasteiger partial charge in [-0.1, -0.05) is 12.1 Å². The molecular formula is C37H42N4O7S2. The van der Waals surface area contributed by atoms with Gasteiger partial charge in [-0.05, 0) is 98.0 Å². The molecule has 0 atom stereocenters. The Labute approximate surface area is 297 Å². The third-order valence-electron chi connectivity index (χ3n) is 8.87. The molecular weight excluding hydrogens is 677 g/mol. The minimum Gasteiger partial charge on any atom is -0.492 e. The Hall–Kier alpha value is -4.43. The van der Waals surface area contributed by atoms with Gasteiger partial charge in [-0.3, -0.25) is 14.4 Å². The standard InChI is InChI=1S/C37H42N4O7S2/c1-26-33(36(42)38-29-12-16-32(17-13-29)48-25-22-40-20-23-47-24-21-40)49-34(27-8-14-31(15-9-27)41-18-4-3-5-19-41)35(26)50(44,45)39-30-10-6-28(7-11-30)37(43)46-2/h6-17,39H,3-5,18-25H2,1-2H3,(H,38,42). The molecule has 0 radical (unpaired) electrons. The molecule has 2 N–H and O–H groups in total. The Kier molecular flexibility index (Phi) is 11.4. The van der Waals surface area contributed by atoms with Gasteiger partial charge in [0.25, 0.3) is 15.9 Å². The van der Waals surface area contributed by atoms with Crippen molar-refractivity contribution < 1.29 is 32.2 Å². The van der Waals surface area contributed by atoms with Crippen LogP contribution in [0.3, 0.4) is 0 Å². The number of piperidine rings is 1. The summed E-state index contributed by atoms with van der Waals surface area (Å²) in [5.41, 5.74) is 3.24. The fourth-order valence-corrected chi connectivity index (χ4v) is 9.18. The zero-order valence-electron chi connectivity index (χ0n) is 28.3. The molecule has 2 saturated heterocycles. The third-order valence-corrected chi connectivity index (χ3v) is 11.9. The fraction of sp³-hybridized carbons (Fsp3) is 0.351. The van der Waals surface area contributed by atoms with E-state index in [2.05, 4.69) is 19.8 Å². The van der Waals surface area contributed by atoms with Gasteiger partial charge in [0, 0.05) is 49.8 Å². The van der Waals surface area contributed by atoms with Crippen LogP contribution < -0.4 is 19.7 Å². The van der Waals surface area contributed by atoms with Crippen LogP contribution in [0.25, 0.3) is 10.4 Å². The summed E-state index contributed by atoms with van der Waals surface area (Å²) in [5, 5.41) is 2.93. The first-order chi connectivity index (χ1) is 24.2. The minimum absolute atomic E-state index is 0.0273. The van der Waals surface area contributed by atoms with E-state index in [1.54, 1.807) is 31.2 Å². The average molecular weight is 719 g/mol. The van der Waals surface area contributed by atoms with Crippen molar-refractivity contribution in [3.8, 4) is 16.2 Å².